The van der Waals surface area contributed by atoms with Gasteiger partial charge in [0.15, 0.2) is 0 Å². The summed E-state index contributed by atoms with van der Waals surface area (Å²) in [7, 11) is 0. The average molecular weight is 334 g/mol. The summed E-state index contributed by atoms with van der Waals surface area (Å²) in [5.41, 5.74) is -0.320. The summed E-state index contributed by atoms with van der Waals surface area (Å²) in [4.78, 5) is 11.5. The molecule has 1 unspecified atom stereocenters. The van der Waals surface area contributed by atoms with Crippen LogP contribution >= 0.6 is 0 Å². The van der Waals surface area contributed by atoms with Crippen molar-refractivity contribution in [2.75, 3.05) is 0 Å². The van der Waals surface area contributed by atoms with E-state index in [1.807, 2.05) is 13.8 Å². The lowest BCUT2D eigenvalue weighted by Crippen LogP contribution is -2.47. The number of benzene rings is 1. The van der Waals surface area contributed by atoms with Gasteiger partial charge in [0.2, 0.25) is 0 Å². The highest BCUT2D eigenvalue weighted by molar-refractivity contribution is 5.81. The van der Waals surface area contributed by atoms with Gasteiger partial charge in [0.25, 0.3) is 0 Å². The Labute approximate surface area is 142 Å². The summed E-state index contributed by atoms with van der Waals surface area (Å²) in [6.45, 7) is 7.27. The average Bonchev–Trinajstić information content (AvgIpc) is 2.45. The second-order valence-electron chi connectivity index (χ2n) is 8.22. The topological polar surface area (TPSA) is 87.0 Å². The van der Waals surface area contributed by atoms with E-state index in [1.165, 1.54) is 6.07 Å². The molecule has 0 radical (unpaired) electrons. The number of phenolic OH excluding ortho intramolecular Hbond substituents is 1. The third-order valence-electron chi connectivity index (χ3n) is 5.84. The molecule has 1 heterocycles. The molecule has 1 saturated carbocycles. The van der Waals surface area contributed by atoms with Crippen LogP contribution in [-0.4, -0.2) is 33.0 Å². The zero-order chi connectivity index (χ0) is 17.9. The number of aliphatic carboxylic acids is 1. The molecule has 5 nitrogen and oxygen atoms in total. The fraction of sp³-hybridized carbons (Fsp3) is 0.632. The van der Waals surface area contributed by atoms with Crippen molar-refractivity contribution in [2.24, 2.45) is 5.92 Å². The Morgan fingerprint density at radius 2 is 1.96 bits per heavy atom. The van der Waals surface area contributed by atoms with Gasteiger partial charge in [-0.2, -0.15) is 0 Å². The maximum Gasteiger partial charge on any atom is 0.313 e. The molecule has 0 spiro atoms. The molecule has 0 amide bonds. The van der Waals surface area contributed by atoms with Gasteiger partial charge in [-0.15, -0.1) is 0 Å². The number of aromatic hydroxyl groups is 1. The molecule has 1 aromatic rings. The minimum atomic E-state index is -1.12. The van der Waals surface area contributed by atoms with Gasteiger partial charge in [-0.3, -0.25) is 4.79 Å². The van der Waals surface area contributed by atoms with Crippen LogP contribution in [0.1, 0.15) is 64.0 Å². The summed E-state index contributed by atoms with van der Waals surface area (Å²) < 4.78 is 6.19. The second-order valence-corrected chi connectivity index (χ2v) is 8.22. The molecule has 3 atom stereocenters. The fourth-order valence-electron chi connectivity index (χ4n) is 4.21. The maximum absolute atomic E-state index is 11.5. The van der Waals surface area contributed by atoms with Crippen molar-refractivity contribution in [2.45, 2.75) is 70.0 Å². The number of phenols is 1. The molecule has 1 fully saturated rings. The zero-order valence-electron chi connectivity index (χ0n) is 14.7. The summed E-state index contributed by atoms with van der Waals surface area (Å²) >= 11 is 0. The molecular formula is C19H26O5. The van der Waals surface area contributed by atoms with Crippen LogP contribution in [0.2, 0.25) is 0 Å². The molecule has 3 N–H and O–H groups in total. The number of aliphatic hydroxyl groups is 1. The van der Waals surface area contributed by atoms with Crippen LogP contribution in [-0.2, 0) is 10.2 Å². The Morgan fingerprint density at radius 3 is 2.58 bits per heavy atom. The minimum Gasteiger partial charge on any atom is -0.508 e. The van der Waals surface area contributed by atoms with Gasteiger partial charge in [0.1, 0.15) is 17.1 Å². The lowest BCUT2D eigenvalue weighted by molar-refractivity contribution is -0.142. The number of fused-ring (bicyclic) bond motifs is 3. The number of carboxylic acids is 1. The molecule has 0 bridgehead atoms. The third kappa shape index (κ3) is 2.55. The first-order valence-electron chi connectivity index (χ1n) is 8.52. The van der Waals surface area contributed by atoms with Gasteiger partial charge in [-0.25, -0.2) is 0 Å². The Kier molecular flexibility index (Phi) is 3.83. The number of ether oxygens (including phenoxy) is 1. The molecule has 132 valence electrons. The van der Waals surface area contributed by atoms with Gasteiger partial charge in [0.05, 0.1) is 11.5 Å². The van der Waals surface area contributed by atoms with E-state index < -0.39 is 17.0 Å². The number of hydrogen-bond acceptors (Lipinski definition) is 4. The number of rotatable bonds is 2. The molecule has 1 aliphatic heterocycles. The molecule has 1 aromatic carbocycles. The number of carboxylic acid groups (broad SMARTS) is 1. The normalized spacial score (nSPS) is 28.5. The standard InChI is InChI=1S/C19H26O5/c1-18(2,17(22)23)10-7-14(21)16-12-9-11(20)5-6-13(12)19(3,4)24-15(16)8-10/h7-8,11-13,20-21H,5-6,9H2,1-4H3,(H,22,23)/t11-,12?,13+/m0/s1. The van der Waals surface area contributed by atoms with Crippen molar-refractivity contribution in [3.63, 3.8) is 0 Å². The lowest BCUT2D eigenvalue weighted by atomic mass is 9.65. The van der Waals surface area contributed by atoms with Crippen LogP contribution in [0.3, 0.4) is 0 Å². The van der Waals surface area contributed by atoms with Crippen molar-refractivity contribution in [3.8, 4) is 11.5 Å². The van der Waals surface area contributed by atoms with Gasteiger partial charge >= 0.3 is 5.97 Å². The quantitative estimate of drug-likeness (QED) is 0.773. The Bertz CT molecular complexity index is 677. The first-order valence-corrected chi connectivity index (χ1v) is 8.52. The van der Waals surface area contributed by atoms with Gasteiger partial charge in [-0.05, 0) is 64.7 Å². The van der Waals surface area contributed by atoms with Crippen LogP contribution in [0.5, 0.6) is 11.5 Å². The Balaban J connectivity index is 2.13. The van der Waals surface area contributed by atoms with Crippen LogP contribution < -0.4 is 4.74 Å². The largest absolute Gasteiger partial charge is 0.508 e. The van der Waals surface area contributed by atoms with Crippen molar-refractivity contribution in [1.82, 2.24) is 0 Å². The van der Waals surface area contributed by atoms with E-state index in [1.54, 1.807) is 19.9 Å². The summed E-state index contributed by atoms with van der Waals surface area (Å²) in [5.74, 6) is -0.105. The highest BCUT2D eigenvalue weighted by Crippen LogP contribution is 2.54. The monoisotopic (exact) mass is 334 g/mol. The highest BCUT2D eigenvalue weighted by atomic mass is 16.5. The fourth-order valence-corrected chi connectivity index (χ4v) is 4.21. The van der Waals surface area contributed by atoms with E-state index in [0.29, 0.717) is 23.3 Å². The number of aliphatic hydroxyl groups excluding tert-OH is 1. The third-order valence-corrected chi connectivity index (χ3v) is 5.84. The molecule has 0 saturated heterocycles. The first kappa shape index (κ1) is 17.1. The Hall–Kier alpha value is -1.75. The minimum absolute atomic E-state index is 0.0227. The predicted octanol–water partition coefficient (Wildman–Crippen LogP) is 3.17. The van der Waals surface area contributed by atoms with E-state index >= 15 is 0 Å². The number of carbonyl (C=O) groups is 1. The number of hydrogen-bond donors (Lipinski definition) is 3. The van der Waals surface area contributed by atoms with Crippen molar-refractivity contribution in [1.29, 1.82) is 0 Å². The summed E-state index contributed by atoms with van der Waals surface area (Å²) in [6, 6.07) is 3.27. The van der Waals surface area contributed by atoms with E-state index in [4.69, 9.17) is 4.74 Å². The van der Waals surface area contributed by atoms with Gasteiger partial charge < -0.3 is 20.1 Å². The second kappa shape index (κ2) is 5.38. The Morgan fingerprint density at radius 1 is 1.29 bits per heavy atom. The highest BCUT2D eigenvalue weighted by Gasteiger charge is 2.48. The van der Waals surface area contributed by atoms with Crippen LogP contribution in [0.4, 0.5) is 0 Å². The molecule has 1 aliphatic carbocycles. The van der Waals surface area contributed by atoms with E-state index in [0.717, 1.165) is 12.8 Å². The van der Waals surface area contributed by atoms with Crippen LogP contribution in [0.15, 0.2) is 12.1 Å². The summed E-state index contributed by atoms with van der Waals surface area (Å²) in [5, 5.41) is 30.2. The summed E-state index contributed by atoms with van der Waals surface area (Å²) in [6.07, 6.45) is 1.82. The molecule has 5 heteroatoms. The zero-order valence-corrected chi connectivity index (χ0v) is 14.7. The lowest BCUT2D eigenvalue weighted by Gasteiger charge is -2.48. The van der Waals surface area contributed by atoms with Crippen LogP contribution in [0, 0.1) is 5.92 Å². The first-order chi connectivity index (χ1) is 11.0. The van der Waals surface area contributed by atoms with Crippen molar-refractivity contribution >= 4 is 5.97 Å². The maximum atomic E-state index is 11.5. The van der Waals surface area contributed by atoms with Gasteiger partial charge in [0, 0.05) is 17.4 Å². The molecule has 0 aromatic heterocycles. The molecule has 2 aliphatic rings. The SMILES string of the molecule is CC(C)(C(=O)O)c1cc(O)c2c(c1)OC(C)(C)[C@@H]1CC[C@H](O)CC21. The van der Waals surface area contributed by atoms with E-state index in [-0.39, 0.29) is 23.7 Å². The van der Waals surface area contributed by atoms with Crippen LogP contribution in [0.25, 0.3) is 0 Å². The smallest absolute Gasteiger partial charge is 0.313 e. The van der Waals surface area contributed by atoms with Crippen molar-refractivity contribution in [3.05, 3.63) is 23.3 Å². The molecular weight excluding hydrogens is 308 g/mol. The van der Waals surface area contributed by atoms with E-state index in [9.17, 15) is 20.1 Å². The van der Waals surface area contributed by atoms with E-state index in [2.05, 4.69) is 0 Å². The van der Waals surface area contributed by atoms with Crippen molar-refractivity contribution < 1.29 is 24.9 Å². The van der Waals surface area contributed by atoms with Gasteiger partial charge in [-0.1, -0.05) is 0 Å². The predicted molar refractivity (Wildman–Crippen MR) is 89.6 cm³/mol. The molecule has 3 rings (SSSR count). The molecule has 24 heavy (non-hydrogen) atoms.